The summed E-state index contributed by atoms with van der Waals surface area (Å²) in [6.45, 7) is 4.86. The van der Waals surface area contributed by atoms with Gasteiger partial charge in [0, 0.05) is 18.1 Å². The average molecular weight is 316 g/mol. The van der Waals surface area contributed by atoms with Crippen LogP contribution >= 0.6 is 15.9 Å². The van der Waals surface area contributed by atoms with Gasteiger partial charge in [-0.1, -0.05) is 0 Å². The Bertz CT molecular complexity index is 407. The molecule has 1 rings (SSSR count). The standard InChI is InChI=1S/C13H18BrNO3/c1-9(2)18-10-4-5-12(14)11(8-10)13(16)15-6-7-17-3/h4-5,8-9H,6-7H2,1-3H3,(H,15,16). The van der Waals surface area contributed by atoms with E-state index < -0.39 is 0 Å². The zero-order chi connectivity index (χ0) is 13.5. The summed E-state index contributed by atoms with van der Waals surface area (Å²) in [5.41, 5.74) is 0.559. The Kier molecular flexibility index (Phi) is 6.15. The number of carbonyl (C=O) groups is 1. The summed E-state index contributed by atoms with van der Waals surface area (Å²) in [6.07, 6.45) is 0.0792. The first-order valence-corrected chi connectivity index (χ1v) is 6.57. The Morgan fingerprint density at radius 3 is 2.78 bits per heavy atom. The molecule has 1 aromatic rings. The van der Waals surface area contributed by atoms with Crippen LogP contribution in [-0.4, -0.2) is 32.3 Å². The van der Waals surface area contributed by atoms with Gasteiger partial charge < -0.3 is 14.8 Å². The molecule has 0 aliphatic heterocycles. The third-order valence-corrected chi connectivity index (χ3v) is 2.84. The van der Waals surface area contributed by atoms with Crippen molar-refractivity contribution in [3.05, 3.63) is 28.2 Å². The van der Waals surface area contributed by atoms with Crippen LogP contribution in [-0.2, 0) is 4.74 Å². The van der Waals surface area contributed by atoms with Crippen LogP contribution in [0.15, 0.2) is 22.7 Å². The van der Waals surface area contributed by atoms with E-state index >= 15 is 0 Å². The van der Waals surface area contributed by atoms with E-state index in [1.807, 2.05) is 26.0 Å². The highest BCUT2D eigenvalue weighted by atomic mass is 79.9. The van der Waals surface area contributed by atoms with Crippen LogP contribution in [0.3, 0.4) is 0 Å². The van der Waals surface area contributed by atoms with Crippen LogP contribution in [0.2, 0.25) is 0 Å². The predicted octanol–water partition coefficient (Wildman–Crippen LogP) is 2.61. The number of hydrogen-bond donors (Lipinski definition) is 1. The van der Waals surface area contributed by atoms with Gasteiger partial charge in [0.1, 0.15) is 5.75 Å². The molecule has 5 heteroatoms. The maximum absolute atomic E-state index is 11.9. The van der Waals surface area contributed by atoms with Gasteiger partial charge in [0.05, 0.1) is 18.3 Å². The largest absolute Gasteiger partial charge is 0.491 e. The van der Waals surface area contributed by atoms with Crippen LogP contribution in [0.5, 0.6) is 5.75 Å². The molecular formula is C13H18BrNO3. The fourth-order valence-electron chi connectivity index (χ4n) is 1.39. The quantitative estimate of drug-likeness (QED) is 0.821. The highest BCUT2D eigenvalue weighted by molar-refractivity contribution is 9.10. The van der Waals surface area contributed by atoms with Gasteiger partial charge in [-0.25, -0.2) is 0 Å². The van der Waals surface area contributed by atoms with E-state index in [0.717, 1.165) is 4.47 Å². The Labute approximate surface area is 116 Å². The van der Waals surface area contributed by atoms with Crippen molar-refractivity contribution in [2.24, 2.45) is 0 Å². The Balaban J connectivity index is 2.76. The summed E-state index contributed by atoms with van der Waals surface area (Å²) < 4.78 is 11.2. The number of nitrogens with one attached hydrogen (secondary N) is 1. The minimum absolute atomic E-state index is 0.0792. The second-order valence-electron chi connectivity index (χ2n) is 4.06. The summed E-state index contributed by atoms with van der Waals surface area (Å²) in [5, 5.41) is 2.77. The van der Waals surface area contributed by atoms with Crippen molar-refractivity contribution >= 4 is 21.8 Å². The monoisotopic (exact) mass is 315 g/mol. The Morgan fingerprint density at radius 1 is 1.44 bits per heavy atom. The minimum atomic E-state index is -0.145. The van der Waals surface area contributed by atoms with Crippen LogP contribution in [0.1, 0.15) is 24.2 Å². The van der Waals surface area contributed by atoms with Crippen LogP contribution in [0.25, 0.3) is 0 Å². The van der Waals surface area contributed by atoms with E-state index in [2.05, 4.69) is 21.2 Å². The maximum atomic E-state index is 11.9. The molecule has 18 heavy (non-hydrogen) atoms. The van der Waals surface area contributed by atoms with Crippen molar-refractivity contribution in [2.45, 2.75) is 20.0 Å². The highest BCUT2D eigenvalue weighted by Gasteiger charge is 2.11. The van der Waals surface area contributed by atoms with E-state index in [1.165, 1.54) is 0 Å². The summed E-state index contributed by atoms with van der Waals surface area (Å²) in [5.74, 6) is 0.540. The van der Waals surface area contributed by atoms with Gasteiger partial charge in [-0.15, -0.1) is 0 Å². The molecule has 0 fully saturated rings. The van der Waals surface area contributed by atoms with Crippen molar-refractivity contribution in [2.75, 3.05) is 20.3 Å². The zero-order valence-electron chi connectivity index (χ0n) is 10.8. The Morgan fingerprint density at radius 2 is 2.17 bits per heavy atom. The number of rotatable bonds is 6. The first-order chi connectivity index (χ1) is 8.54. The molecule has 1 amide bonds. The number of benzene rings is 1. The molecule has 0 atom stereocenters. The van der Waals surface area contributed by atoms with Crippen molar-refractivity contribution in [1.29, 1.82) is 0 Å². The summed E-state index contributed by atoms with van der Waals surface area (Å²) in [6, 6.07) is 5.37. The second-order valence-corrected chi connectivity index (χ2v) is 4.91. The molecule has 0 saturated heterocycles. The topological polar surface area (TPSA) is 47.6 Å². The van der Waals surface area contributed by atoms with Crippen molar-refractivity contribution in [3.8, 4) is 5.75 Å². The van der Waals surface area contributed by atoms with E-state index in [4.69, 9.17) is 9.47 Å². The fourth-order valence-corrected chi connectivity index (χ4v) is 1.81. The number of methoxy groups -OCH3 is 1. The van der Waals surface area contributed by atoms with E-state index in [-0.39, 0.29) is 12.0 Å². The van der Waals surface area contributed by atoms with Crippen LogP contribution in [0.4, 0.5) is 0 Å². The molecule has 0 spiro atoms. The molecule has 0 bridgehead atoms. The molecule has 0 aromatic heterocycles. The van der Waals surface area contributed by atoms with Gasteiger partial charge in [-0.3, -0.25) is 4.79 Å². The number of hydrogen-bond acceptors (Lipinski definition) is 3. The van der Waals surface area contributed by atoms with Gasteiger partial charge in [0.25, 0.3) is 5.91 Å². The van der Waals surface area contributed by atoms with Crippen LogP contribution in [0, 0.1) is 0 Å². The fraction of sp³-hybridized carbons (Fsp3) is 0.462. The second kappa shape index (κ2) is 7.38. The summed E-state index contributed by atoms with van der Waals surface area (Å²) in [4.78, 5) is 11.9. The lowest BCUT2D eigenvalue weighted by molar-refractivity contribution is 0.0935. The molecule has 0 unspecified atom stereocenters. The van der Waals surface area contributed by atoms with Gasteiger partial charge in [0.15, 0.2) is 0 Å². The lowest BCUT2D eigenvalue weighted by Gasteiger charge is -2.12. The van der Waals surface area contributed by atoms with Crippen LogP contribution < -0.4 is 10.1 Å². The third kappa shape index (κ3) is 4.66. The van der Waals surface area contributed by atoms with Gasteiger partial charge in [-0.2, -0.15) is 0 Å². The van der Waals surface area contributed by atoms with E-state index in [0.29, 0.717) is 24.5 Å². The molecule has 0 radical (unpaired) electrons. The normalized spacial score (nSPS) is 10.5. The Hall–Kier alpha value is -1.07. The predicted molar refractivity (Wildman–Crippen MR) is 74.1 cm³/mol. The van der Waals surface area contributed by atoms with Gasteiger partial charge in [-0.05, 0) is 48.0 Å². The molecule has 0 heterocycles. The highest BCUT2D eigenvalue weighted by Crippen LogP contribution is 2.23. The summed E-state index contributed by atoms with van der Waals surface area (Å²) in [7, 11) is 1.60. The number of carbonyl (C=O) groups excluding carboxylic acids is 1. The molecule has 1 N–H and O–H groups in total. The molecule has 4 nitrogen and oxygen atoms in total. The number of ether oxygens (including phenoxy) is 2. The maximum Gasteiger partial charge on any atom is 0.252 e. The third-order valence-electron chi connectivity index (χ3n) is 2.15. The molecule has 0 saturated carbocycles. The summed E-state index contributed by atoms with van der Waals surface area (Å²) >= 11 is 3.36. The number of amides is 1. The van der Waals surface area contributed by atoms with E-state index in [9.17, 15) is 4.79 Å². The molecule has 0 aliphatic rings. The number of halogens is 1. The van der Waals surface area contributed by atoms with E-state index in [1.54, 1.807) is 13.2 Å². The van der Waals surface area contributed by atoms with Crippen molar-refractivity contribution < 1.29 is 14.3 Å². The molecule has 100 valence electrons. The lowest BCUT2D eigenvalue weighted by atomic mass is 10.2. The molecule has 1 aromatic carbocycles. The van der Waals surface area contributed by atoms with Crippen molar-refractivity contribution in [3.63, 3.8) is 0 Å². The zero-order valence-corrected chi connectivity index (χ0v) is 12.4. The van der Waals surface area contributed by atoms with Gasteiger partial charge in [0.2, 0.25) is 0 Å². The molecular weight excluding hydrogens is 298 g/mol. The lowest BCUT2D eigenvalue weighted by Crippen LogP contribution is -2.27. The first-order valence-electron chi connectivity index (χ1n) is 5.78. The van der Waals surface area contributed by atoms with Gasteiger partial charge >= 0.3 is 0 Å². The first kappa shape index (κ1) is 15.0. The minimum Gasteiger partial charge on any atom is -0.491 e. The smallest absolute Gasteiger partial charge is 0.252 e. The van der Waals surface area contributed by atoms with Crippen molar-refractivity contribution in [1.82, 2.24) is 5.32 Å². The average Bonchev–Trinajstić information content (AvgIpc) is 2.31. The SMILES string of the molecule is COCCNC(=O)c1cc(OC(C)C)ccc1Br. The molecule has 0 aliphatic carbocycles.